The van der Waals surface area contributed by atoms with Gasteiger partial charge in [-0.25, -0.2) is 22.7 Å². The van der Waals surface area contributed by atoms with E-state index in [9.17, 15) is 13.2 Å². The molecule has 2 saturated heterocycles. The lowest BCUT2D eigenvalue weighted by Crippen LogP contribution is -2.40. The number of aromatic nitrogens is 2. The normalized spacial score (nSPS) is 24.0. The summed E-state index contributed by atoms with van der Waals surface area (Å²) in [6, 6.07) is 1.64. The van der Waals surface area contributed by atoms with Crippen LogP contribution in [0.4, 0.5) is 0 Å². The van der Waals surface area contributed by atoms with Crippen LogP contribution in [0.3, 0.4) is 0 Å². The molecule has 0 radical (unpaired) electrons. The van der Waals surface area contributed by atoms with E-state index in [1.54, 1.807) is 16.6 Å². The number of sulfonamides is 1. The van der Waals surface area contributed by atoms with E-state index in [2.05, 4.69) is 9.97 Å². The lowest BCUT2D eigenvalue weighted by Gasteiger charge is -2.33. The molecule has 23 heavy (non-hydrogen) atoms. The van der Waals surface area contributed by atoms with Gasteiger partial charge in [0.25, 0.3) is 5.91 Å². The molecule has 1 aromatic heterocycles. The largest absolute Gasteiger partial charge is 0.337 e. The van der Waals surface area contributed by atoms with Crippen LogP contribution in [0.1, 0.15) is 29.8 Å². The molecule has 0 bridgehead atoms. The van der Waals surface area contributed by atoms with Crippen molar-refractivity contribution >= 4 is 15.9 Å². The Balaban J connectivity index is 1.56. The van der Waals surface area contributed by atoms with Crippen molar-refractivity contribution in [3.8, 4) is 0 Å². The number of amides is 1. The Morgan fingerprint density at radius 3 is 2.48 bits per heavy atom. The molecule has 0 aromatic carbocycles. The average Bonchev–Trinajstić information content (AvgIpc) is 3.04. The van der Waals surface area contributed by atoms with Gasteiger partial charge in [-0.1, -0.05) is 0 Å². The molecule has 2 aliphatic rings. The first-order valence-corrected chi connectivity index (χ1v) is 9.80. The Bertz CT molecular complexity index is 657. The fourth-order valence-corrected chi connectivity index (χ4v) is 4.49. The van der Waals surface area contributed by atoms with Gasteiger partial charge >= 0.3 is 0 Å². The molecule has 2 fully saturated rings. The van der Waals surface area contributed by atoms with Gasteiger partial charge in [-0.3, -0.25) is 4.79 Å². The highest BCUT2D eigenvalue weighted by Gasteiger charge is 2.35. The molecule has 0 spiro atoms. The lowest BCUT2D eigenvalue weighted by atomic mass is 9.84. The van der Waals surface area contributed by atoms with Crippen LogP contribution in [0.15, 0.2) is 18.6 Å². The van der Waals surface area contributed by atoms with Crippen molar-refractivity contribution in [3.05, 3.63) is 24.3 Å². The Labute approximate surface area is 136 Å². The van der Waals surface area contributed by atoms with E-state index < -0.39 is 10.0 Å². The number of piperidine rings is 1. The second-order valence-electron chi connectivity index (χ2n) is 6.39. The number of rotatable bonds is 3. The predicted molar refractivity (Wildman–Crippen MR) is 85.2 cm³/mol. The number of likely N-dealkylation sites (tertiary alicyclic amines) is 1. The summed E-state index contributed by atoms with van der Waals surface area (Å²) >= 11 is 0. The molecule has 3 heterocycles. The van der Waals surface area contributed by atoms with Gasteiger partial charge in [-0.2, -0.15) is 0 Å². The van der Waals surface area contributed by atoms with Gasteiger partial charge in [0, 0.05) is 32.4 Å². The molecule has 3 rings (SSSR count). The minimum absolute atomic E-state index is 0.0385. The van der Waals surface area contributed by atoms with E-state index in [0.29, 0.717) is 30.6 Å². The first-order chi connectivity index (χ1) is 10.9. The highest BCUT2D eigenvalue weighted by atomic mass is 32.2. The number of hydrogen-bond acceptors (Lipinski definition) is 5. The maximum absolute atomic E-state index is 12.4. The van der Waals surface area contributed by atoms with E-state index in [1.165, 1.54) is 12.6 Å². The molecule has 2 aliphatic heterocycles. The minimum Gasteiger partial charge on any atom is -0.337 e. The molecule has 1 atom stereocenters. The van der Waals surface area contributed by atoms with Crippen molar-refractivity contribution in [1.29, 1.82) is 0 Å². The zero-order chi connectivity index (χ0) is 16.4. The summed E-state index contributed by atoms with van der Waals surface area (Å²) in [5.41, 5.74) is 0.438. The van der Waals surface area contributed by atoms with Gasteiger partial charge in [0.2, 0.25) is 10.0 Å². The van der Waals surface area contributed by atoms with Crippen LogP contribution in [-0.4, -0.2) is 65.9 Å². The van der Waals surface area contributed by atoms with E-state index in [4.69, 9.17) is 0 Å². The summed E-state index contributed by atoms with van der Waals surface area (Å²) in [5, 5.41) is 0. The molecule has 0 aliphatic carbocycles. The lowest BCUT2D eigenvalue weighted by molar-refractivity contribution is 0.0772. The molecule has 1 aromatic rings. The highest BCUT2D eigenvalue weighted by Crippen LogP contribution is 2.32. The van der Waals surface area contributed by atoms with Crippen molar-refractivity contribution in [2.45, 2.75) is 19.3 Å². The van der Waals surface area contributed by atoms with E-state index in [0.717, 1.165) is 32.4 Å². The smallest absolute Gasteiger partial charge is 0.272 e. The van der Waals surface area contributed by atoms with Gasteiger partial charge in [-0.15, -0.1) is 0 Å². The van der Waals surface area contributed by atoms with Crippen LogP contribution in [0, 0.1) is 11.8 Å². The van der Waals surface area contributed by atoms with Crippen molar-refractivity contribution in [1.82, 2.24) is 19.2 Å². The zero-order valence-corrected chi connectivity index (χ0v) is 14.1. The number of nitrogens with zero attached hydrogens (tertiary/aromatic N) is 4. The third-order valence-corrected chi connectivity index (χ3v) is 6.25. The number of hydrogen-bond donors (Lipinski definition) is 0. The quantitative estimate of drug-likeness (QED) is 0.806. The molecule has 0 saturated carbocycles. The molecule has 1 unspecified atom stereocenters. The maximum Gasteiger partial charge on any atom is 0.272 e. The van der Waals surface area contributed by atoms with Crippen LogP contribution in [-0.2, 0) is 10.0 Å². The van der Waals surface area contributed by atoms with E-state index >= 15 is 0 Å². The van der Waals surface area contributed by atoms with Crippen LogP contribution < -0.4 is 0 Å². The molecule has 8 heteroatoms. The first kappa shape index (κ1) is 16.3. The Morgan fingerprint density at radius 1 is 1.17 bits per heavy atom. The third kappa shape index (κ3) is 3.69. The summed E-state index contributed by atoms with van der Waals surface area (Å²) in [4.78, 5) is 22.1. The van der Waals surface area contributed by atoms with Crippen LogP contribution in [0.5, 0.6) is 0 Å². The zero-order valence-electron chi connectivity index (χ0n) is 13.3. The minimum atomic E-state index is -3.08. The summed E-state index contributed by atoms with van der Waals surface area (Å²) in [5.74, 6) is 0.919. The van der Waals surface area contributed by atoms with E-state index in [-0.39, 0.29) is 5.91 Å². The molecule has 126 valence electrons. The maximum atomic E-state index is 12.4. The molecular formula is C15H22N4O3S. The second kappa shape index (κ2) is 6.52. The monoisotopic (exact) mass is 338 g/mol. The van der Waals surface area contributed by atoms with E-state index in [1.807, 2.05) is 4.90 Å². The van der Waals surface area contributed by atoms with Gasteiger partial charge in [0.1, 0.15) is 12.0 Å². The summed E-state index contributed by atoms with van der Waals surface area (Å²) < 4.78 is 24.7. The third-order valence-electron chi connectivity index (χ3n) is 4.95. The Hall–Kier alpha value is -1.54. The van der Waals surface area contributed by atoms with Crippen molar-refractivity contribution < 1.29 is 13.2 Å². The summed E-state index contributed by atoms with van der Waals surface area (Å²) in [7, 11) is -3.08. The fourth-order valence-electron chi connectivity index (χ4n) is 3.61. The SMILES string of the molecule is CS(=O)(=O)N1CCC(C2CCN(C(=O)c3ccncn3)C2)CC1. The first-order valence-electron chi connectivity index (χ1n) is 7.95. The van der Waals surface area contributed by atoms with Crippen molar-refractivity contribution in [2.75, 3.05) is 32.4 Å². The van der Waals surface area contributed by atoms with Gasteiger partial charge in [0.05, 0.1) is 6.26 Å². The molecule has 0 N–H and O–H groups in total. The molecule has 1 amide bonds. The number of carbonyl (C=O) groups excluding carboxylic acids is 1. The van der Waals surface area contributed by atoms with Crippen LogP contribution in [0.25, 0.3) is 0 Å². The van der Waals surface area contributed by atoms with Crippen molar-refractivity contribution in [2.24, 2.45) is 11.8 Å². The van der Waals surface area contributed by atoms with Gasteiger partial charge in [0.15, 0.2) is 0 Å². The number of carbonyl (C=O) groups is 1. The predicted octanol–water partition coefficient (Wildman–Crippen LogP) is 0.610. The van der Waals surface area contributed by atoms with Crippen LogP contribution in [0.2, 0.25) is 0 Å². The summed E-state index contributed by atoms with van der Waals surface area (Å²) in [6.07, 6.45) is 6.99. The van der Waals surface area contributed by atoms with Crippen LogP contribution >= 0.6 is 0 Å². The molecule has 7 nitrogen and oxygen atoms in total. The topological polar surface area (TPSA) is 83.5 Å². The Morgan fingerprint density at radius 2 is 1.87 bits per heavy atom. The van der Waals surface area contributed by atoms with Gasteiger partial charge in [-0.05, 0) is 37.2 Å². The molecular weight excluding hydrogens is 316 g/mol. The van der Waals surface area contributed by atoms with Gasteiger partial charge < -0.3 is 4.90 Å². The highest BCUT2D eigenvalue weighted by molar-refractivity contribution is 7.88. The second-order valence-corrected chi connectivity index (χ2v) is 8.38. The Kier molecular flexibility index (Phi) is 4.63. The summed E-state index contributed by atoms with van der Waals surface area (Å²) in [6.45, 7) is 2.69. The average molecular weight is 338 g/mol. The fraction of sp³-hybridized carbons (Fsp3) is 0.667. The standard InChI is InChI=1S/C15H22N4O3S/c1-23(21,22)19-8-4-12(5-9-19)13-3-7-18(10-13)15(20)14-2-6-16-11-17-14/h2,6,11-13H,3-5,7-10H2,1H3. The van der Waals surface area contributed by atoms with Crippen molar-refractivity contribution in [3.63, 3.8) is 0 Å².